The number of benzene rings is 1. The Labute approximate surface area is 83.6 Å². The zero-order valence-electron chi connectivity index (χ0n) is 8.45. The molecule has 0 N–H and O–H groups in total. The van der Waals surface area contributed by atoms with Gasteiger partial charge in [-0.15, -0.1) is 0 Å². The van der Waals surface area contributed by atoms with Crippen molar-refractivity contribution in [3.05, 3.63) is 29.8 Å². The smallest absolute Gasteiger partial charge is 0.188 e. The van der Waals surface area contributed by atoms with Gasteiger partial charge in [-0.2, -0.15) is 0 Å². The topological polar surface area (TPSA) is 35.5 Å². The molecule has 0 spiro atoms. The van der Waals surface area contributed by atoms with Crippen LogP contribution in [0.3, 0.4) is 0 Å². The molecule has 76 valence electrons. The number of ketones is 1. The SMILES string of the molecule is COCOc1ccc(CC(C)=O)cc1. The minimum Gasteiger partial charge on any atom is -0.468 e. The third kappa shape index (κ3) is 3.58. The zero-order chi connectivity index (χ0) is 10.4. The number of carbonyl (C=O) groups is 1. The summed E-state index contributed by atoms with van der Waals surface area (Å²) in [5.41, 5.74) is 1.00. The van der Waals surface area contributed by atoms with Gasteiger partial charge in [-0.1, -0.05) is 12.1 Å². The van der Waals surface area contributed by atoms with Gasteiger partial charge in [0.2, 0.25) is 0 Å². The molecule has 0 aliphatic rings. The molecule has 0 aromatic heterocycles. The summed E-state index contributed by atoms with van der Waals surface area (Å²) < 4.78 is 9.97. The predicted molar refractivity (Wildman–Crippen MR) is 53.3 cm³/mol. The first-order chi connectivity index (χ1) is 6.72. The highest BCUT2D eigenvalue weighted by molar-refractivity contribution is 5.78. The fourth-order valence-corrected chi connectivity index (χ4v) is 1.12. The summed E-state index contributed by atoms with van der Waals surface area (Å²) in [6, 6.07) is 7.42. The minimum atomic E-state index is 0.163. The maximum atomic E-state index is 10.8. The quantitative estimate of drug-likeness (QED) is 0.670. The lowest BCUT2D eigenvalue weighted by Crippen LogP contribution is -1.99. The molecule has 3 nitrogen and oxygen atoms in total. The Balaban J connectivity index is 2.54. The number of methoxy groups -OCH3 is 1. The lowest BCUT2D eigenvalue weighted by Gasteiger charge is -2.04. The van der Waals surface area contributed by atoms with Crippen LogP contribution in [0.25, 0.3) is 0 Å². The van der Waals surface area contributed by atoms with Crippen molar-refractivity contribution in [3.8, 4) is 5.75 Å². The molecule has 0 aliphatic carbocycles. The van der Waals surface area contributed by atoms with E-state index in [-0.39, 0.29) is 12.6 Å². The lowest BCUT2D eigenvalue weighted by atomic mass is 10.1. The molecule has 14 heavy (non-hydrogen) atoms. The fourth-order valence-electron chi connectivity index (χ4n) is 1.12. The molecular weight excluding hydrogens is 180 g/mol. The van der Waals surface area contributed by atoms with Crippen LogP contribution in [0.2, 0.25) is 0 Å². The zero-order valence-corrected chi connectivity index (χ0v) is 8.45. The molecule has 0 aliphatic heterocycles. The van der Waals surface area contributed by atoms with E-state index in [1.165, 1.54) is 0 Å². The van der Waals surface area contributed by atoms with Gasteiger partial charge in [-0.3, -0.25) is 4.79 Å². The number of Topliss-reactive ketones (excluding diaryl/α,β-unsaturated/α-hetero) is 1. The number of hydrogen-bond donors (Lipinski definition) is 0. The molecule has 3 heteroatoms. The Morgan fingerprint density at radius 2 is 1.93 bits per heavy atom. The van der Waals surface area contributed by atoms with Crippen LogP contribution < -0.4 is 4.74 Å². The summed E-state index contributed by atoms with van der Waals surface area (Å²) in [6.07, 6.45) is 0.477. The second-order valence-corrected chi connectivity index (χ2v) is 3.07. The highest BCUT2D eigenvalue weighted by atomic mass is 16.7. The van der Waals surface area contributed by atoms with Gasteiger partial charge in [0.05, 0.1) is 0 Å². The molecule has 0 saturated heterocycles. The van der Waals surface area contributed by atoms with E-state index in [1.807, 2.05) is 24.3 Å². The number of hydrogen-bond acceptors (Lipinski definition) is 3. The Bertz CT molecular complexity index is 290. The first-order valence-corrected chi connectivity index (χ1v) is 4.42. The van der Waals surface area contributed by atoms with Crippen LogP contribution in [0.15, 0.2) is 24.3 Å². The number of carbonyl (C=O) groups excluding carboxylic acids is 1. The summed E-state index contributed by atoms with van der Waals surface area (Å²) >= 11 is 0. The summed E-state index contributed by atoms with van der Waals surface area (Å²) in [7, 11) is 1.57. The first-order valence-electron chi connectivity index (χ1n) is 4.42. The van der Waals surface area contributed by atoms with E-state index >= 15 is 0 Å². The average molecular weight is 194 g/mol. The second-order valence-electron chi connectivity index (χ2n) is 3.07. The minimum absolute atomic E-state index is 0.163. The van der Waals surface area contributed by atoms with E-state index in [9.17, 15) is 4.79 Å². The van der Waals surface area contributed by atoms with Crippen LogP contribution in [0, 0.1) is 0 Å². The second kappa shape index (κ2) is 5.40. The van der Waals surface area contributed by atoms with Crippen LogP contribution in [0.4, 0.5) is 0 Å². The molecular formula is C11H14O3. The van der Waals surface area contributed by atoms with E-state index in [1.54, 1.807) is 14.0 Å². The lowest BCUT2D eigenvalue weighted by molar-refractivity contribution is -0.116. The Kier molecular flexibility index (Phi) is 4.13. The van der Waals surface area contributed by atoms with Gasteiger partial charge in [0.25, 0.3) is 0 Å². The molecule has 0 unspecified atom stereocenters. The maximum Gasteiger partial charge on any atom is 0.188 e. The molecule has 0 heterocycles. The molecule has 0 amide bonds. The van der Waals surface area contributed by atoms with Gasteiger partial charge in [0.1, 0.15) is 11.5 Å². The highest BCUT2D eigenvalue weighted by Crippen LogP contribution is 2.12. The van der Waals surface area contributed by atoms with E-state index in [2.05, 4.69) is 0 Å². The van der Waals surface area contributed by atoms with Crippen LogP contribution in [-0.4, -0.2) is 19.7 Å². The summed E-state index contributed by atoms with van der Waals surface area (Å²) in [5.74, 6) is 0.912. The van der Waals surface area contributed by atoms with Gasteiger partial charge >= 0.3 is 0 Å². The van der Waals surface area contributed by atoms with Gasteiger partial charge in [-0.25, -0.2) is 0 Å². The van der Waals surface area contributed by atoms with Crippen molar-refractivity contribution in [1.29, 1.82) is 0 Å². The van der Waals surface area contributed by atoms with Crippen LogP contribution in [-0.2, 0) is 16.0 Å². The summed E-state index contributed by atoms with van der Waals surface area (Å²) in [5, 5.41) is 0. The van der Waals surface area contributed by atoms with Gasteiger partial charge < -0.3 is 9.47 Å². The highest BCUT2D eigenvalue weighted by Gasteiger charge is 1.98. The molecule has 0 atom stereocenters. The Morgan fingerprint density at radius 3 is 2.43 bits per heavy atom. The third-order valence-corrected chi connectivity index (χ3v) is 1.72. The monoisotopic (exact) mass is 194 g/mol. The molecule has 1 rings (SSSR count). The number of ether oxygens (including phenoxy) is 2. The summed E-state index contributed by atoms with van der Waals surface area (Å²) in [6.45, 7) is 1.82. The van der Waals surface area contributed by atoms with Crippen molar-refractivity contribution in [2.75, 3.05) is 13.9 Å². The third-order valence-electron chi connectivity index (χ3n) is 1.72. The van der Waals surface area contributed by atoms with Crippen molar-refractivity contribution in [3.63, 3.8) is 0 Å². The summed E-state index contributed by atoms with van der Waals surface area (Å²) in [4.78, 5) is 10.8. The molecule has 0 fully saturated rings. The van der Waals surface area contributed by atoms with Crippen LogP contribution in [0.5, 0.6) is 5.75 Å². The molecule has 0 saturated carbocycles. The van der Waals surface area contributed by atoms with E-state index in [0.29, 0.717) is 6.42 Å². The van der Waals surface area contributed by atoms with E-state index < -0.39 is 0 Å². The normalized spacial score (nSPS) is 9.86. The van der Waals surface area contributed by atoms with Crippen molar-refractivity contribution in [2.45, 2.75) is 13.3 Å². The van der Waals surface area contributed by atoms with Crippen LogP contribution in [0.1, 0.15) is 12.5 Å². The predicted octanol–water partition coefficient (Wildman–Crippen LogP) is 1.80. The van der Waals surface area contributed by atoms with Crippen molar-refractivity contribution >= 4 is 5.78 Å². The van der Waals surface area contributed by atoms with Gasteiger partial charge in [0, 0.05) is 13.5 Å². The molecule has 1 aromatic rings. The average Bonchev–Trinajstić information content (AvgIpc) is 2.16. The van der Waals surface area contributed by atoms with Crippen molar-refractivity contribution in [1.82, 2.24) is 0 Å². The molecule has 0 bridgehead atoms. The van der Waals surface area contributed by atoms with Crippen LogP contribution >= 0.6 is 0 Å². The molecule has 1 aromatic carbocycles. The Morgan fingerprint density at radius 1 is 1.29 bits per heavy atom. The maximum absolute atomic E-state index is 10.8. The standard InChI is InChI=1S/C11H14O3/c1-9(12)7-10-3-5-11(6-4-10)14-8-13-2/h3-6H,7-8H2,1-2H3. The Hall–Kier alpha value is -1.35. The molecule has 0 radical (unpaired) electrons. The van der Waals surface area contributed by atoms with E-state index in [4.69, 9.17) is 9.47 Å². The fraction of sp³-hybridized carbons (Fsp3) is 0.364. The van der Waals surface area contributed by atoms with Crippen molar-refractivity contribution < 1.29 is 14.3 Å². The van der Waals surface area contributed by atoms with Gasteiger partial charge in [-0.05, 0) is 24.6 Å². The largest absolute Gasteiger partial charge is 0.468 e. The van der Waals surface area contributed by atoms with E-state index in [0.717, 1.165) is 11.3 Å². The van der Waals surface area contributed by atoms with Gasteiger partial charge in [0.15, 0.2) is 6.79 Å². The number of rotatable bonds is 5. The van der Waals surface area contributed by atoms with Crippen molar-refractivity contribution in [2.24, 2.45) is 0 Å². The first kappa shape index (κ1) is 10.7.